The molecule has 0 fully saturated rings. The van der Waals surface area contributed by atoms with E-state index in [1.165, 1.54) is 6.07 Å². The summed E-state index contributed by atoms with van der Waals surface area (Å²) >= 11 is 4.61. The Labute approximate surface area is 149 Å². The number of hydrogen-bond donors (Lipinski definition) is 2. The highest BCUT2D eigenvalue weighted by Crippen LogP contribution is 2.35. The quantitative estimate of drug-likeness (QED) is 0.564. The van der Waals surface area contributed by atoms with Crippen LogP contribution in [0.5, 0.6) is 0 Å². The average Bonchev–Trinajstić information content (AvgIpc) is 2.71. The topological polar surface area (TPSA) is 49.8 Å². The predicted molar refractivity (Wildman–Crippen MR) is 99.8 cm³/mol. The maximum absolute atomic E-state index is 13.2. The molecule has 0 radical (unpaired) electrons. The van der Waals surface area contributed by atoms with E-state index >= 15 is 0 Å². The lowest BCUT2D eigenvalue weighted by Crippen LogP contribution is -2.02. The molecule has 24 heavy (non-hydrogen) atoms. The number of nitriles is 1. The van der Waals surface area contributed by atoms with Crippen LogP contribution in [0, 0.1) is 23.1 Å². The molecule has 0 aromatic heterocycles. The van der Waals surface area contributed by atoms with Gasteiger partial charge in [0.25, 0.3) is 0 Å². The Hall–Kier alpha value is -1.73. The van der Waals surface area contributed by atoms with Crippen molar-refractivity contribution >= 4 is 12.6 Å². The van der Waals surface area contributed by atoms with Gasteiger partial charge in [-0.3, -0.25) is 0 Å². The summed E-state index contributed by atoms with van der Waals surface area (Å²) in [5.74, 6) is 0.458. The van der Waals surface area contributed by atoms with Crippen molar-refractivity contribution in [2.75, 3.05) is 0 Å². The van der Waals surface area contributed by atoms with Gasteiger partial charge in [0, 0.05) is 5.70 Å². The van der Waals surface area contributed by atoms with Gasteiger partial charge in [-0.25, -0.2) is 4.39 Å². The van der Waals surface area contributed by atoms with Crippen molar-refractivity contribution in [3.05, 3.63) is 57.4 Å². The summed E-state index contributed by atoms with van der Waals surface area (Å²) in [7, 11) is 0. The van der Waals surface area contributed by atoms with Crippen LogP contribution >= 0.6 is 12.6 Å². The molecule has 1 aromatic rings. The number of aryl methyl sites for hydroxylation is 1. The van der Waals surface area contributed by atoms with Crippen LogP contribution in [-0.4, -0.2) is 0 Å². The third-order valence-electron chi connectivity index (χ3n) is 4.72. The molecule has 2 rings (SSSR count). The third-order valence-corrected chi connectivity index (χ3v) is 5.21. The normalized spacial score (nSPS) is 19.5. The van der Waals surface area contributed by atoms with Crippen molar-refractivity contribution < 1.29 is 4.39 Å². The van der Waals surface area contributed by atoms with Gasteiger partial charge in [-0.15, -0.1) is 12.6 Å². The first-order valence-corrected chi connectivity index (χ1v) is 8.98. The maximum atomic E-state index is 13.2. The van der Waals surface area contributed by atoms with E-state index in [-0.39, 0.29) is 5.82 Å². The Kier molecular flexibility index (Phi) is 6.93. The van der Waals surface area contributed by atoms with Crippen LogP contribution in [0.4, 0.5) is 4.39 Å². The first-order chi connectivity index (χ1) is 11.5. The minimum Gasteiger partial charge on any atom is -0.401 e. The SMILES string of the molecule is C/C(N)=C(/C#N)C1=C(S)CCC(CCCc2cccc(F)c2)CC1. The minimum atomic E-state index is -0.163. The smallest absolute Gasteiger partial charge is 0.123 e. The standard InChI is InChI=1S/C20H25FN2S/c1-14(23)19(13-22)18-10-8-15(9-11-20(18)24)4-2-5-16-6-3-7-17(21)12-16/h3,6-7,12,15,24H,2,4-5,8-11,23H2,1H3/b19-14+. The average molecular weight is 344 g/mol. The highest BCUT2D eigenvalue weighted by atomic mass is 32.1. The van der Waals surface area contributed by atoms with Crippen LogP contribution in [0.15, 0.2) is 46.0 Å². The molecule has 4 heteroatoms. The van der Waals surface area contributed by atoms with E-state index in [1.54, 1.807) is 19.1 Å². The van der Waals surface area contributed by atoms with Crippen LogP contribution in [-0.2, 0) is 6.42 Å². The van der Waals surface area contributed by atoms with Crippen molar-refractivity contribution in [3.8, 4) is 6.07 Å². The molecule has 2 N–H and O–H groups in total. The molecule has 0 aliphatic heterocycles. The second kappa shape index (κ2) is 8.94. The summed E-state index contributed by atoms with van der Waals surface area (Å²) in [4.78, 5) is 1.00. The van der Waals surface area contributed by atoms with Crippen molar-refractivity contribution in [1.29, 1.82) is 5.26 Å². The fourth-order valence-corrected chi connectivity index (χ4v) is 3.72. The van der Waals surface area contributed by atoms with Gasteiger partial charge in [-0.1, -0.05) is 18.6 Å². The van der Waals surface area contributed by atoms with E-state index in [2.05, 4.69) is 18.7 Å². The highest BCUT2D eigenvalue weighted by molar-refractivity contribution is 7.84. The van der Waals surface area contributed by atoms with Gasteiger partial charge in [-0.05, 0) is 79.5 Å². The third kappa shape index (κ3) is 5.14. The molecule has 1 aliphatic carbocycles. The van der Waals surface area contributed by atoms with Crippen LogP contribution in [0.3, 0.4) is 0 Å². The van der Waals surface area contributed by atoms with Gasteiger partial charge in [0.15, 0.2) is 0 Å². The van der Waals surface area contributed by atoms with E-state index in [0.717, 1.165) is 61.0 Å². The first kappa shape index (κ1) is 18.6. The van der Waals surface area contributed by atoms with Crippen LogP contribution in [0.2, 0.25) is 0 Å². The Balaban J connectivity index is 1.89. The number of halogens is 1. The van der Waals surface area contributed by atoms with Gasteiger partial charge in [0.2, 0.25) is 0 Å². The number of nitrogens with zero attached hydrogens (tertiary/aromatic N) is 1. The van der Waals surface area contributed by atoms with E-state index in [4.69, 9.17) is 5.73 Å². The van der Waals surface area contributed by atoms with Crippen LogP contribution < -0.4 is 5.73 Å². The second-order valence-corrected chi connectivity index (χ2v) is 7.10. The largest absolute Gasteiger partial charge is 0.401 e. The van der Waals surface area contributed by atoms with E-state index in [9.17, 15) is 9.65 Å². The zero-order chi connectivity index (χ0) is 17.5. The minimum absolute atomic E-state index is 0.163. The lowest BCUT2D eigenvalue weighted by Gasteiger charge is -2.14. The van der Waals surface area contributed by atoms with Gasteiger partial charge < -0.3 is 5.73 Å². The molecular weight excluding hydrogens is 319 g/mol. The van der Waals surface area contributed by atoms with Crippen molar-refractivity contribution in [1.82, 2.24) is 0 Å². The monoisotopic (exact) mass is 344 g/mol. The van der Waals surface area contributed by atoms with E-state index in [1.807, 2.05) is 6.07 Å². The highest BCUT2D eigenvalue weighted by Gasteiger charge is 2.20. The van der Waals surface area contributed by atoms with Gasteiger partial charge >= 0.3 is 0 Å². The number of hydrogen-bond acceptors (Lipinski definition) is 3. The van der Waals surface area contributed by atoms with Crippen LogP contribution in [0.1, 0.15) is 51.0 Å². The molecule has 0 bridgehead atoms. The zero-order valence-corrected chi connectivity index (χ0v) is 15.1. The Morgan fingerprint density at radius 2 is 2.12 bits per heavy atom. The van der Waals surface area contributed by atoms with Crippen molar-refractivity contribution in [2.45, 2.75) is 51.9 Å². The summed E-state index contributed by atoms with van der Waals surface area (Å²) < 4.78 is 13.2. The summed E-state index contributed by atoms with van der Waals surface area (Å²) in [6, 6.07) is 9.08. The lowest BCUT2D eigenvalue weighted by molar-refractivity contribution is 0.419. The Bertz CT molecular complexity index is 681. The molecule has 0 amide bonds. The van der Waals surface area contributed by atoms with E-state index in [0.29, 0.717) is 17.2 Å². The zero-order valence-electron chi connectivity index (χ0n) is 14.2. The number of benzene rings is 1. The second-order valence-electron chi connectivity index (χ2n) is 6.56. The molecular formula is C20H25FN2S. The number of rotatable bonds is 5. The summed E-state index contributed by atoms with van der Waals surface area (Å²) in [5.41, 5.74) is 9.09. The van der Waals surface area contributed by atoms with Crippen LogP contribution in [0.25, 0.3) is 0 Å². The fourth-order valence-electron chi connectivity index (χ4n) is 3.37. The molecule has 1 aliphatic rings. The molecule has 0 heterocycles. The number of nitrogens with two attached hydrogens (primary N) is 1. The maximum Gasteiger partial charge on any atom is 0.123 e. The Morgan fingerprint density at radius 3 is 2.79 bits per heavy atom. The molecule has 0 spiro atoms. The molecule has 128 valence electrons. The van der Waals surface area contributed by atoms with Crippen molar-refractivity contribution in [2.24, 2.45) is 11.7 Å². The van der Waals surface area contributed by atoms with Gasteiger partial charge in [0.1, 0.15) is 11.9 Å². The molecule has 1 aromatic carbocycles. The van der Waals surface area contributed by atoms with E-state index < -0.39 is 0 Å². The molecule has 2 nitrogen and oxygen atoms in total. The predicted octanol–water partition coefficient (Wildman–Crippen LogP) is 5.28. The van der Waals surface area contributed by atoms with Gasteiger partial charge in [0.05, 0.1) is 5.57 Å². The first-order valence-electron chi connectivity index (χ1n) is 8.53. The summed E-state index contributed by atoms with van der Waals surface area (Å²) in [6.07, 6.45) is 7.01. The summed E-state index contributed by atoms with van der Waals surface area (Å²) in [5, 5.41) is 9.33. The molecule has 1 atom stereocenters. The van der Waals surface area contributed by atoms with Crippen molar-refractivity contribution in [3.63, 3.8) is 0 Å². The Morgan fingerprint density at radius 1 is 1.38 bits per heavy atom. The lowest BCUT2D eigenvalue weighted by atomic mass is 9.91. The fraction of sp³-hybridized carbons (Fsp3) is 0.450. The summed E-state index contributed by atoms with van der Waals surface area (Å²) in [6.45, 7) is 1.77. The molecule has 0 saturated heterocycles. The number of thiol groups is 1. The molecule has 1 unspecified atom stereocenters. The number of allylic oxidation sites excluding steroid dienone is 4. The van der Waals surface area contributed by atoms with Gasteiger partial charge in [-0.2, -0.15) is 5.26 Å². The molecule has 0 saturated carbocycles.